The van der Waals surface area contributed by atoms with E-state index in [-0.39, 0.29) is 11.7 Å². The number of ether oxygens (including phenoxy) is 2. The monoisotopic (exact) mass is 341 g/mol. The van der Waals surface area contributed by atoms with E-state index in [4.69, 9.17) is 9.47 Å². The molecule has 0 radical (unpaired) electrons. The van der Waals surface area contributed by atoms with Gasteiger partial charge < -0.3 is 19.5 Å². The fourth-order valence-corrected chi connectivity index (χ4v) is 3.33. The van der Waals surface area contributed by atoms with Gasteiger partial charge in [-0.1, -0.05) is 12.1 Å². The molecule has 1 N–H and O–H groups in total. The Bertz CT molecular complexity index is 770. The van der Waals surface area contributed by atoms with Gasteiger partial charge in [-0.2, -0.15) is 0 Å². The van der Waals surface area contributed by atoms with E-state index >= 15 is 0 Å². The molecule has 0 aromatic heterocycles. The van der Waals surface area contributed by atoms with E-state index in [0.29, 0.717) is 30.3 Å². The van der Waals surface area contributed by atoms with Crippen molar-refractivity contribution in [1.82, 2.24) is 4.90 Å². The number of nitrogens with zero attached hydrogens (tertiary/aromatic N) is 1. The Labute approximate surface area is 147 Å². The Balaban J connectivity index is 1.77. The summed E-state index contributed by atoms with van der Waals surface area (Å²) in [6.45, 7) is 3.19. The Morgan fingerprint density at radius 2 is 1.88 bits per heavy atom. The van der Waals surface area contributed by atoms with Crippen molar-refractivity contribution in [3.63, 3.8) is 0 Å². The molecule has 3 rings (SSSR count). The van der Waals surface area contributed by atoms with Gasteiger partial charge >= 0.3 is 0 Å². The van der Waals surface area contributed by atoms with Crippen molar-refractivity contribution < 1.29 is 19.4 Å². The lowest BCUT2D eigenvalue weighted by Gasteiger charge is -2.19. The van der Waals surface area contributed by atoms with Crippen LogP contribution in [0, 0.1) is 6.92 Å². The van der Waals surface area contributed by atoms with Crippen molar-refractivity contribution in [1.29, 1.82) is 0 Å². The zero-order valence-electron chi connectivity index (χ0n) is 14.8. The summed E-state index contributed by atoms with van der Waals surface area (Å²) in [7, 11) is 3.13. The molecule has 5 nitrogen and oxygen atoms in total. The number of hydrogen-bond acceptors (Lipinski definition) is 4. The van der Waals surface area contributed by atoms with Gasteiger partial charge in [-0.25, -0.2) is 0 Å². The number of aryl methyl sites for hydroxylation is 1. The maximum absolute atomic E-state index is 12.9. The Hall–Kier alpha value is -2.69. The first-order valence-corrected chi connectivity index (χ1v) is 8.34. The molecule has 25 heavy (non-hydrogen) atoms. The molecule has 1 fully saturated rings. The van der Waals surface area contributed by atoms with E-state index in [1.165, 1.54) is 12.7 Å². The average molecular weight is 341 g/mol. The third-order valence-electron chi connectivity index (χ3n) is 4.73. The van der Waals surface area contributed by atoms with E-state index < -0.39 is 0 Å². The Kier molecular flexibility index (Phi) is 4.83. The van der Waals surface area contributed by atoms with Crippen LogP contribution in [0.4, 0.5) is 0 Å². The second kappa shape index (κ2) is 7.05. The fraction of sp³-hybridized carbons (Fsp3) is 0.350. The van der Waals surface area contributed by atoms with Crippen LogP contribution in [-0.4, -0.2) is 43.2 Å². The molecule has 1 heterocycles. The molecule has 2 aromatic rings. The molecule has 0 spiro atoms. The van der Waals surface area contributed by atoms with Gasteiger partial charge in [0, 0.05) is 19.0 Å². The number of hydrogen-bond donors (Lipinski definition) is 1. The summed E-state index contributed by atoms with van der Waals surface area (Å²) in [6.07, 6.45) is 0.905. The predicted octanol–water partition coefficient (Wildman–Crippen LogP) is 3.35. The van der Waals surface area contributed by atoms with Crippen LogP contribution in [0.2, 0.25) is 0 Å². The first-order valence-electron chi connectivity index (χ1n) is 8.34. The van der Waals surface area contributed by atoms with Crippen molar-refractivity contribution in [2.24, 2.45) is 0 Å². The number of phenolic OH excluding ortho intramolecular Hbond substituents is 1. The third-order valence-corrected chi connectivity index (χ3v) is 4.73. The van der Waals surface area contributed by atoms with Crippen molar-refractivity contribution in [3.05, 3.63) is 53.1 Å². The minimum absolute atomic E-state index is 0.0917. The maximum Gasteiger partial charge on any atom is 0.257 e. The smallest absolute Gasteiger partial charge is 0.257 e. The predicted molar refractivity (Wildman–Crippen MR) is 95.7 cm³/mol. The Morgan fingerprint density at radius 3 is 2.52 bits per heavy atom. The molecule has 2 aromatic carbocycles. The van der Waals surface area contributed by atoms with Gasteiger partial charge in [-0.15, -0.1) is 0 Å². The number of phenols is 1. The minimum atomic E-state index is -0.157. The lowest BCUT2D eigenvalue weighted by atomic mass is 9.98. The summed E-state index contributed by atoms with van der Waals surface area (Å²) in [5.41, 5.74) is 2.37. The van der Waals surface area contributed by atoms with E-state index in [1.54, 1.807) is 24.1 Å². The highest BCUT2D eigenvalue weighted by atomic mass is 16.5. The van der Waals surface area contributed by atoms with Gasteiger partial charge in [0.1, 0.15) is 5.75 Å². The zero-order chi connectivity index (χ0) is 18.0. The van der Waals surface area contributed by atoms with Crippen LogP contribution in [0.15, 0.2) is 36.4 Å². The lowest BCUT2D eigenvalue weighted by molar-refractivity contribution is 0.0787. The topological polar surface area (TPSA) is 59.0 Å². The van der Waals surface area contributed by atoms with Gasteiger partial charge in [-0.05, 0) is 48.7 Å². The molecule has 0 saturated carbocycles. The summed E-state index contributed by atoms with van der Waals surface area (Å²) >= 11 is 0. The van der Waals surface area contributed by atoms with E-state index in [0.717, 1.165) is 17.7 Å². The SMILES string of the molecule is COc1ccc([C@H]2CCN(C(=O)c3cc(C)cc(OC)c3O)C2)cc1. The number of carbonyl (C=O) groups is 1. The highest BCUT2D eigenvalue weighted by molar-refractivity contribution is 5.98. The quantitative estimate of drug-likeness (QED) is 0.926. The van der Waals surface area contributed by atoms with Crippen LogP contribution >= 0.6 is 0 Å². The van der Waals surface area contributed by atoms with E-state index in [1.807, 2.05) is 31.2 Å². The number of likely N-dealkylation sites (tertiary alicyclic amines) is 1. The van der Waals surface area contributed by atoms with Crippen LogP contribution in [0.5, 0.6) is 17.2 Å². The number of aromatic hydroxyl groups is 1. The van der Waals surface area contributed by atoms with E-state index in [2.05, 4.69) is 0 Å². The third kappa shape index (κ3) is 3.40. The fourth-order valence-electron chi connectivity index (χ4n) is 3.33. The standard InChI is InChI=1S/C20H23NO4/c1-13-10-17(19(22)18(11-13)25-3)20(23)21-9-8-15(12-21)14-4-6-16(24-2)7-5-14/h4-7,10-11,15,22H,8-9,12H2,1-3H3/t15-/m0/s1. The van der Waals surface area contributed by atoms with Crippen LogP contribution in [0.1, 0.15) is 33.8 Å². The summed E-state index contributed by atoms with van der Waals surface area (Å²) in [4.78, 5) is 14.7. The summed E-state index contributed by atoms with van der Waals surface area (Å²) in [5.74, 6) is 1.20. The molecule has 0 aliphatic carbocycles. The highest BCUT2D eigenvalue weighted by Crippen LogP contribution is 2.34. The number of rotatable bonds is 4. The Morgan fingerprint density at radius 1 is 1.16 bits per heavy atom. The first-order chi connectivity index (χ1) is 12.0. The number of methoxy groups -OCH3 is 2. The van der Waals surface area contributed by atoms with Crippen molar-refractivity contribution in [2.75, 3.05) is 27.3 Å². The first kappa shape index (κ1) is 17.1. The summed E-state index contributed by atoms with van der Waals surface area (Å²) < 4.78 is 10.3. The van der Waals surface area contributed by atoms with Crippen LogP contribution in [-0.2, 0) is 0 Å². The summed E-state index contributed by atoms with van der Waals surface area (Å²) in [6, 6.07) is 11.4. The van der Waals surface area contributed by atoms with Crippen LogP contribution in [0.25, 0.3) is 0 Å². The van der Waals surface area contributed by atoms with Gasteiger partial charge in [0.15, 0.2) is 11.5 Å². The highest BCUT2D eigenvalue weighted by Gasteiger charge is 2.30. The number of benzene rings is 2. The molecule has 1 saturated heterocycles. The summed E-state index contributed by atoms with van der Waals surface area (Å²) in [5, 5.41) is 10.3. The van der Waals surface area contributed by atoms with Crippen molar-refractivity contribution in [2.45, 2.75) is 19.3 Å². The largest absolute Gasteiger partial charge is 0.504 e. The molecular formula is C20H23NO4. The van der Waals surface area contributed by atoms with Gasteiger partial charge in [0.2, 0.25) is 0 Å². The van der Waals surface area contributed by atoms with Crippen LogP contribution < -0.4 is 9.47 Å². The molecule has 132 valence electrons. The molecule has 0 unspecified atom stereocenters. The normalized spacial score (nSPS) is 16.8. The molecule has 1 aliphatic rings. The maximum atomic E-state index is 12.9. The molecule has 1 aliphatic heterocycles. The lowest BCUT2D eigenvalue weighted by Crippen LogP contribution is -2.28. The van der Waals surface area contributed by atoms with Crippen LogP contribution in [0.3, 0.4) is 0 Å². The van der Waals surface area contributed by atoms with Gasteiger partial charge in [0.25, 0.3) is 5.91 Å². The molecule has 5 heteroatoms. The van der Waals surface area contributed by atoms with Crippen molar-refractivity contribution >= 4 is 5.91 Å². The van der Waals surface area contributed by atoms with Gasteiger partial charge in [0.05, 0.1) is 19.8 Å². The molecule has 1 atom stereocenters. The second-order valence-corrected chi connectivity index (χ2v) is 6.37. The average Bonchev–Trinajstić information content (AvgIpc) is 3.13. The van der Waals surface area contributed by atoms with Gasteiger partial charge in [-0.3, -0.25) is 4.79 Å². The molecular weight excluding hydrogens is 318 g/mol. The second-order valence-electron chi connectivity index (χ2n) is 6.37. The minimum Gasteiger partial charge on any atom is -0.504 e. The number of carbonyl (C=O) groups excluding carboxylic acids is 1. The van der Waals surface area contributed by atoms with Crippen molar-refractivity contribution in [3.8, 4) is 17.2 Å². The zero-order valence-corrected chi connectivity index (χ0v) is 14.8. The number of amides is 1. The molecule has 1 amide bonds. The van der Waals surface area contributed by atoms with E-state index in [9.17, 15) is 9.90 Å². The molecule has 0 bridgehead atoms.